The van der Waals surface area contributed by atoms with Crippen LogP contribution in [0.5, 0.6) is 0 Å². The summed E-state index contributed by atoms with van der Waals surface area (Å²) in [4.78, 5) is 38.3. The summed E-state index contributed by atoms with van der Waals surface area (Å²) in [5.41, 5.74) is 5.59. The number of likely N-dealkylation sites (tertiary alicyclic amines) is 1. The molecular weight excluding hydrogens is 392 g/mol. The summed E-state index contributed by atoms with van der Waals surface area (Å²) in [6, 6.07) is 17.6. The molecule has 1 atom stereocenters. The summed E-state index contributed by atoms with van der Waals surface area (Å²) < 4.78 is 0. The third-order valence-corrected chi connectivity index (χ3v) is 5.76. The number of benzene rings is 2. The van der Waals surface area contributed by atoms with E-state index in [9.17, 15) is 14.4 Å². The molecule has 0 aromatic heterocycles. The molecule has 0 spiro atoms. The smallest absolute Gasteiger partial charge is 0.270 e. The van der Waals surface area contributed by atoms with Crippen molar-refractivity contribution in [1.82, 2.24) is 15.6 Å². The van der Waals surface area contributed by atoms with Gasteiger partial charge in [-0.15, -0.1) is 0 Å². The number of hydrazone groups is 1. The predicted octanol–water partition coefficient (Wildman–Crippen LogP) is 2.59. The fourth-order valence-corrected chi connectivity index (χ4v) is 4.01. The minimum Gasteiger partial charge on any atom is -0.352 e. The minimum atomic E-state index is -0.160. The maximum atomic E-state index is 12.7. The number of piperidine rings is 1. The van der Waals surface area contributed by atoms with E-state index in [1.807, 2.05) is 54.6 Å². The monoisotopic (exact) mass is 418 g/mol. The van der Waals surface area contributed by atoms with Crippen molar-refractivity contribution in [3.05, 3.63) is 60.2 Å². The first-order chi connectivity index (χ1) is 15.1. The molecule has 2 heterocycles. The van der Waals surface area contributed by atoms with Crippen LogP contribution in [0.1, 0.15) is 36.0 Å². The van der Waals surface area contributed by atoms with Crippen LogP contribution in [0.15, 0.2) is 59.7 Å². The summed E-state index contributed by atoms with van der Waals surface area (Å²) in [7, 11) is 0. The molecule has 1 saturated heterocycles. The van der Waals surface area contributed by atoms with Crippen LogP contribution in [0.25, 0.3) is 11.1 Å². The lowest BCUT2D eigenvalue weighted by molar-refractivity contribution is -0.126. The Morgan fingerprint density at radius 3 is 2.48 bits per heavy atom. The quantitative estimate of drug-likeness (QED) is 0.782. The van der Waals surface area contributed by atoms with E-state index in [1.165, 1.54) is 0 Å². The molecule has 0 bridgehead atoms. The molecular formula is C24H26N4O3. The van der Waals surface area contributed by atoms with E-state index in [0.717, 1.165) is 24.0 Å². The molecule has 2 N–H and O–H groups in total. The Labute approximate surface area is 181 Å². The first-order valence-corrected chi connectivity index (χ1v) is 10.7. The number of hydrogen-bond acceptors (Lipinski definition) is 4. The van der Waals surface area contributed by atoms with Crippen molar-refractivity contribution < 1.29 is 14.4 Å². The first kappa shape index (κ1) is 20.8. The minimum absolute atomic E-state index is 0.109. The van der Waals surface area contributed by atoms with Gasteiger partial charge in [-0.1, -0.05) is 42.5 Å². The summed E-state index contributed by atoms with van der Waals surface area (Å²) in [5.74, 6) is -0.188. The maximum Gasteiger partial charge on any atom is 0.270 e. The molecule has 0 aliphatic carbocycles. The van der Waals surface area contributed by atoms with Crippen LogP contribution in [-0.2, 0) is 9.59 Å². The number of hydrogen-bond donors (Lipinski definition) is 2. The van der Waals surface area contributed by atoms with Gasteiger partial charge in [-0.3, -0.25) is 14.4 Å². The van der Waals surface area contributed by atoms with Crippen molar-refractivity contribution in [2.24, 2.45) is 11.0 Å². The zero-order valence-corrected chi connectivity index (χ0v) is 17.3. The van der Waals surface area contributed by atoms with Crippen LogP contribution in [-0.4, -0.2) is 48.0 Å². The highest BCUT2D eigenvalue weighted by Gasteiger charge is 2.28. The highest BCUT2D eigenvalue weighted by atomic mass is 16.2. The van der Waals surface area contributed by atoms with Gasteiger partial charge in [0.15, 0.2) is 0 Å². The van der Waals surface area contributed by atoms with Crippen molar-refractivity contribution in [1.29, 1.82) is 0 Å². The molecule has 4 rings (SSSR count). The fraction of sp³-hybridized carbons (Fsp3) is 0.333. The second-order valence-corrected chi connectivity index (χ2v) is 8.01. The van der Waals surface area contributed by atoms with Crippen molar-refractivity contribution in [3.63, 3.8) is 0 Å². The SMILES string of the molecule is O=C1CCC(C(=O)N2CCCC(CNC(=O)c3ccc(-c4ccccc4)cc3)C2)=NN1. The zero-order chi connectivity index (χ0) is 21.6. The van der Waals surface area contributed by atoms with Crippen LogP contribution in [0.2, 0.25) is 0 Å². The molecule has 1 unspecified atom stereocenters. The Kier molecular flexibility index (Phi) is 6.40. The van der Waals surface area contributed by atoms with Gasteiger partial charge in [0, 0.05) is 38.0 Å². The maximum absolute atomic E-state index is 12.7. The van der Waals surface area contributed by atoms with E-state index >= 15 is 0 Å². The number of nitrogens with zero attached hydrogens (tertiary/aromatic N) is 2. The molecule has 0 saturated carbocycles. The van der Waals surface area contributed by atoms with E-state index < -0.39 is 0 Å². The number of amides is 3. The molecule has 2 aromatic carbocycles. The highest BCUT2D eigenvalue weighted by Crippen LogP contribution is 2.20. The van der Waals surface area contributed by atoms with Gasteiger partial charge >= 0.3 is 0 Å². The fourth-order valence-electron chi connectivity index (χ4n) is 4.01. The molecule has 31 heavy (non-hydrogen) atoms. The predicted molar refractivity (Wildman–Crippen MR) is 118 cm³/mol. The van der Waals surface area contributed by atoms with Gasteiger partial charge in [-0.05, 0) is 42.0 Å². The molecule has 2 aliphatic heterocycles. The molecule has 1 fully saturated rings. The lowest BCUT2D eigenvalue weighted by Gasteiger charge is -2.33. The first-order valence-electron chi connectivity index (χ1n) is 10.7. The number of rotatable bonds is 5. The van der Waals surface area contributed by atoms with E-state index in [-0.39, 0.29) is 23.6 Å². The third kappa shape index (κ3) is 5.17. The highest BCUT2D eigenvalue weighted by molar-refractivity contribution is 6.39. The topological polar surface area (TPSA) is 90.9 Å². The third-order valence-electron chi connectivity index (χ3n) is 5.76. The van der Waals surface area contributed by atoms with Crippen LogP contribution in [0.4, 0.5) is 0 Å². The van der Waals surface area contributed by atoms with E-state index in [1.54, 1.807) is 4.90 Å². The van der Waals surface area contributed by atoms with Gasteiger partial charge in [-0.25, -0.2) is 5.43 Å². The van der Waals surface area contributed by atoms with Gasteiger partial charge in [-0.2, -0.15) is 5.10 Å². The van der Waals surface area contributed by atoms with Crippen molar-refractivity contribution >= 4 is 23.4 Å². The number of carbonyl (C=O) groups is 3. The van der Waals surface area contributed by atoms with Crippen molar-refractivity contribution in [2.45, 2.75) is 25.7 Å². The standard InChI is InChI=1S/C24H26N4O3/c29-22-13-12-21(26-27-22)24(31)28-14-4-5-17(16-28)15-25-23(30)20-10-8-19(9-11-20)18-6-2-1-3-7-18/h1-3,6-11,17H,4-5,12-16H2,(H,25,30)(H,27,29). The van der Waals surface area contributed by atoms with Gasteiger partial charge in [0.2, 0.25) is 5.91 Å². The van der Waals surface area contributed by atoms with E-state index in [2.05, 4.69) is 15.8 Å². The molecule has 2 aliphatic rings. The molecule has 160 valence electrons. The zero-order valence-electron chi connectivity index (χ0n) is 17.3. The van der Waals surface area contributed by atoms with Crippen molar-refractivity contribution in [2.75, 3.05) is 19.6 Å². The van der Waals surface area contributed by atoms with Gasteiger partial charge in [0.05, 0.1) is 0 Å². The Morgan fingerprint density at radius 1 is 1.03 bits per heavy atom. The lowest BCUT2D eigenvalue weighted by atomic mass is 9.97. The van der Waals surface area contributed by atoms with Crippen LogP contribution < -0.4 is 10.7 Å². The summed E-state index contributed by atoms with van der Waals surface area (Å²) in [5, 5.41) is 6.92. The molecule has 3 amide bonds. The normalized spacial score (nSPS) is 18.7. The van der Waals surface area contributed by atoms with Crippen LogP contribution in [0, 0.1) is 5.92 Å². The Balaban J connectivity index is 1.30. The van der Waals surface area contributed by atoms with Crippen LogP contribution >= 0.6 is 0 Å². The largest absolute Gasteiger partial charge is 0.352 e. The van der Waals surface area contributed by atoms with Gasteiger partial charge < -0.3 is 10.2 Å². The summed E-state index contributed by atoms with van der Waals surface area (Å²) in [6.45, 7) is 1.78. The van der Waals surface area contributed by atoms with Gasteiger partial charge in [0.25, 0.3) is 11.8 Å². The molecule has 7 nitrogen and oxygen atoms in total. The molecule has 2 aromatic rings. The van der Waals surface area contributed by atoms with Crippen LogP contribution in [0.3, 0.4) is 0 Å². The number of nitrogens with one attached hydrogen (secondary N) is 2. The average molecular weight is 418 g/mol. The van der Waals surface area contributed by atoms with E-state index in [4.69, 9.17) is 0 Å². The second-order valence-electron chi connectivity index (χ2n) is 8.01. The number of carbonyl (C=O) groups excluding carboxylic acids is 3. The summed E-state index contributed by atoms with van der Waals surface area (Å²) in [6.07, 6.45) is 2.51. The van der Waals surface area contributed by atoms with Gasteiger partial charge in [0.1, 0.15) is 5.71 Å². The van der Waals surface area contributed by atoms with E-state index in [0.29, 0.717) is 43.8 Å². The Hall–Kier alpha value is -3.48. The average Bonchev–Trinajstić information content (AvgIpc) is 2.83. The molecule has 7 heteroatoms. The molecule has 0 radical (unpaired) electrons. The van der Waals surface area contributed by atoms with Crippen molar-refractivity contribution in [3.8, 4) is 11.1 Å². The second kappa shape index (κ2) is 9.55. The Bertz CT molecular complexity index is 986. The summed E-state index contributed by atoms with van der Waals surface area (Å²) >= 11 is 0. The Morgan fingerprint density at radius 2 is 1.77 bits per heavy atom. The lowest BCUT2D eigenvalue weighted by Crippen LogP contribution is -2.47.